The van der Waals surface area contributed by atoms with Crippen molar-refractivity contribution in [2.45, 2.75) is 32.6 Å². The number of hydrogen-bond acceptors (Lipinski definition) is 2. The summed E-state index contributed by atoms with van der Waals surface area (Å²) in [6.45, 7) is 5.80. The lowest BCUT2D eigenvalue weighted by molar-refractivity contribution is 0.0713. The van der Waals surface area contributed by atoms with Crippen LogP contribution in [0.25, 0.3) is 0 Å². The standard InChI is InChI=1S/C18H21NOS/c1-13-5-6-14(2)16(12-13)18(20)19-9-7-15(8-10-19)17-4-3-11-21-17/h3-6,11-12,15H,7-10H2,1-2H3. The molecule has 21 heavy (non-hydrogen) atoms. The third-order valence-electron chi connectivity index (χ3n) is 4.35. The number of carbonyl (C=O) groups excluding carboxylic acids is 1. The monoisotopic (exact) mass is 299 g/mol. The first-order valence-corrected chi connectivity index (χ1v) is 8.43. The first-order valence-electron chi connectivity index (χ1n) is 7.55. The van der Waals surface area contributed by atoms with E-state index in [4.69, 9.17) is 0 Å². The zero-order valence-corrected chi connectivity index (χ0v) is 13.5. The van der Waals surface area contributed by atoms with E-state index in [0.29, 0.717) is 5.92 Å². The summed E-state index contributed by atoms with van der Waals surface area (Å²) in [6.07, 6.45) is 2.16. The smallest absolute Gasteiger partial charge is 0.254 e. The van der Waals surface area contributed by atoms with E-state index in [0.717, 1.165) is 42.6 Å². The molecule has 1 amide bonds. The van der Waals surface area contributed by atoms with Crippen LogP contribution in [0.3, 0.4) is 0 Å². The third-order valence-corrected chi connectivity index (χ3v) is 5.39. The Bertz CT molecular complexity index is 625. The molecule has 0 aliphatic carbocycles. The van der Waals surface area contributed by atoms with Gasteiger partial charge in [0, 0.05) is 23.5 Å². The Kier molecular flexibility index (Phi) is 4.11. The van der Waals surface area contributed by atoms with Crippen LogP contribution in [-0.4, -0.2) is 23.9 Å². The number of aryl methyl sites for hydroxylation is 2. The molecule has 0 saturated carbocycles. The van der Waals surface area contributed by atoms with E-state index < -0.39 is 0 Å². The molecule has 0 unspecified atom stereocenters. The zero-order valence-electron chi connectivity index (χ0n) is 12.6. The lowest BCUT2D eigenvalue weighted by Gasteiger charge is -2.32. The van der Waals surface area contributed by atoms with Crippen molar-refractivity contribution in [3.8, 4) is 0 Å². The van der Waals surface area contributed by atoms with Crippen molar-refractivity contribution in [2.75, 3.05) is 13.1 Å². The van der Waals surface area contributed by atoms with Gasteiger partial charge in [0.1, 0.15) is 0 Å². The molecule has 0 atom stereocenters. The van der Waals surface area contributed by atoms with Gasteiger partial charge in [0.2, 0.25) is 0 Å². The van der Waals surface area contributed by atoms with E-state index >= 15 is 0 Å². The lowest BCUT2D eigenvalue weighted by atomic mass is 9.94. The van der Waals surface area contributed by atoms with Crippen LogP contribution in [0.4, 0.5) is 0 Å². The van der Waals surface area contributed by atoms with Gasteiger partial charge in [-0.25, -0.2) is 0 Å². The Balaban J connectivity index is 1.69. The molecular formula is C18H21NOS. The summed E-state index contributed by atoms with van der Waals surface area (Å²) in [5.74, 6) is 0.827. The van der Waals surface area contributed by atoms with Gasteiger partial charge in [0.15, 0.2) is 0 Å². The summed E-state index contributed by atoms with van der Waals surface area (Å²) in [5.41, 5.74) is 3.09. The minimum Gasteiger partial charge on any atom is -0.339 e. The Morgan fingerprint density at radius 3 is 2.62 bits per heavy atom. The van der Waals surface area contributed by atoms with Crippen molar-refractivity contribution in [1.29, 1.82) is 0 Å². The predicted octanol–water partition coefficient (Wildman–Crippen LogP) is 4.38. The fourth-order valence-corrected chi connectivity index (χ4v) is 3.93. The Morgan fingerprint density at radius 2 is 1.95 bits per heavy atom. The maximum absolute atomic E-state index is 12.7. The topological polar surface area (TPSA) is 20.3 Å². The first-order chi connectivity index (χ1) is 10.1. The maximum atomic E-state index is 12.7. The second-order valence-corrected chi connectivity index (χ2v) is 6.88. The molecular weight excluding hydrogens is 278 g/mol. The fourth-order valence-electron chi connectivity index (χ4n) is 3.03. The SMILES string of the molecule is Cc1ccc(C)c(C(=O)N2CCC(c3cccs3)CC2)c1. The number of carbonyl (C=O) groups is 1. The number of amides is 1. The number of benzene rings is 1. The Labute approximate surface area is 130 Å². The molecule has 110 valence electrons. The third kappa shape index (κ3) is 3.03. The van der Waals surface area contributed by atoms with Crippen molar-refractivity contribution in [2.24, 2.45) is 0 Å². The second kappa shape index (κ2) is 6.02. The highest BCUT2D eigenvalue weighted by Crippen LogP contribution is 2.31. The molecule has 2 nitrogen and oxygen atoms in total. The van der Waals surface area contributed by atoms with E-state index in [1.165, 1.54) is 4.88 Å². The van der Waals surface area contributed by atoms with Crippen molar-refractivity contribution in [3.63, 3.8) is 0 Å². The molecule has 1 saturated heterocycles. The van der Waals surface area contributed by atoms with Gasteiger partial charge in [0.05, 0.1) is 0 Å². The highest BCUT2D eigenvalue weighted by Gasteiger charge is 2.25. The fraction of sp³-hybridized carbons (Fsp3) is 0.389. The Morgan fingerprint density at radius 1 is 1.19 bits per heavy atom. The number of hydrogen-bond donors (Lipinski definition) is 0. The minimum absolute atomic E-state index is 0.195. The van der Waals surface area contributed by atoms with E-state index in [1.807, 2.05) is 42.2 Å². The normalized spacial score (nSPS) is 16.2. The summed E-state index contributed by atoms with van der Waals surface area (Å²) in [4.78, 5) is 16.2. The van der Waals surface area contributed by atoms with E-state index in [9.17, 15) is 4.79 Å². The lowest BCUT2D eigenvalue weighted by Crippen LogP contribution is -2.38. The molecule has 1 aromatic heterocycles. The molecule has 0 spiro atoms. The summed E-state index contributed by atoms with van der Waals surface area (Å²) in [5, 5.41) is 2.14. The van der Waals surface area contributed by atoms with Crippen molar-refractivity contribution >= 4 is 17.2 Å². The maximum Gasteiger partial charge on any atom is 0.254 e. The van der Waals surface area contributed by atoms with Gasteiger partial charge in [-0.15, -0.1) is 11.3 Å². The molecule has 0 radical (unpaired) electrons. The zero-order chi connectivity index (χ0) is 14.8. The first kappa shape index (κ1) is 14.3. The number of rotatable bonds is 2. The van der Waals surface area contributed by atoms with Gasteiger partial charge in [0.25, 0.3) is 5.91 Å². The minimum atomic E-state index is 0.195. The molecule has 3 heteroatoms. The van der Waals surface area contributed by atoms with Crippen LogP contribution in [0.15, 0.2) is 35.7 Å². The number of likely N-dealkylation sites (tertiary alicyclic amines) is 1. The summed E-state index contributed by atoms with van der Waals surface area (Å²) in [7, 11) is 0. The Hall–Kier alpha value is -1.61. The van der Waals surface area contributed by atoms with Gasteiger partial charge in [-0.2, -0.15) is 0 Å². The van der Waals surface area contributed by atoms with Crippen LogP contribution in [0.5, 0.6) is 0 Å². The van der Waals surface area contributed by atoms with Gasteiger partial charge in [-0.1, -0.05) is 23.8 Å². The number of nitrogens with zero attached hydrogens (tertiary/aromatic N) is 1. The van der Waals surface area contributed by atoms with Gasteiger partial charge in [-0.05, 0) is 55.7 Å². The quantitative estimate of drug-likeness (QED) is 0.805. The largest absolute Gasteiger partial charge is 0.339 e. The summed E-state index contributed by atoms with van der Waals surface area (Å²) in [6, 6.07) is 10.5. The van der Waals surface area contributed by atoms with Crippen LogP contribution in [0.1, 0.15) is 45.1 Å². The molecule has 1 aliphatic rings. The average Bonchev–Trinajstić information content (AvgIpc) is 3.03. The van der Waals surface area contributed by atoms with Crippen molar-refractivity contribution in [1.82, 2.24) is 4.90 Å². The predicted molar refractivity (Wildman–Crippen MR) is 88.1 cm³/mol. The van der Waals surface area contributed by atoms with Crippen molar-refractivity contribution in [3.05, 3.63) is 57.3 Å². The second-order valence-electron chi connectivity index (χ2n) is 5.90. The van der Waals surface area contributed by atoms with Gasteiger partial charge < -0.3 is 4.90 Å². The molecule has 3 rings (SSSR count). The van der Waals surface area contributed by atoms with Crippen LogP contribution in [0, 0.1) is 13.8 Å². The average molecular weight is 299 g/mol. The number of thiophene rings is 1. The summed E-state index contributed by atoms with van der Waals surface area (Å²) < 4.78 is 0. The van der Waals surface area contributed by atoms with Crippen molar-refractivity contribution < 1.29 is 4.79 Å². The molecule has 1 fully saturated rings. The highest BCUT2D eigenvalue weighted by molar-refractivity contribution is 7.10. The molecule has 2 aromatic rings. The van der Waals surface area contributed by atoms with Crippen LogP contribution < -0.4 is 0 Å². The van der Waals surface area contributed by atoms with Gasteiger partial charge in [-0.3, -0.25) is 4.79 Å². The highest BCUT2D eigenvalue weighted by atomic mass is 32.1. The van der Waals surface area contributed by atoms with E-state index in [2.05, 4.69) is 23.6 Å². The molecule has 2 heterocycles. The van der Waals surface area contributed by atoms with Crippen LogP contribution in [0.2, 0.25) is 0 Å². The molecule has 1 aromatic carbocycles. The van der Waals surface area contributed by atoms with Crippen LogP contribution in [-0.2, 0) is 0 Å². The van der Waals surface area contributed by atoms with E-state index in [1.54, 1.807) is 0 Å². The van der Waals surface area contributed by atoms with Crippen LogP contribution >= 0.6 is 11.3 Å². The summed E-state index contributed by atoms with van der Waals surface area (Å²) >= 11 is 1.84. The van der Waals surface area contributed by atoms with Gasteiger partial charge >= 0.3 is 0 Å². The molecule has 0 N–H and O–H groups in total. The molecule has 1 aliphatic heterocycles. The number of piperidine rings is 1. The molecule has 0 bridgehead atoms. The van der Waals surface area contributed by atoms with E-state index in [-0.39, 0.29) is 5.91 Å².